The Morgan fingerprint density at radius 2 is 1.95 bits per heavy atom. The normalized spacial score (nSPS) is 10.8. The first-order chi connectivity index (χ1) is 9.65. The number of fused-ring (bicyclic) bond motifs is 1. The van der Waals surface area contributed by atoms with Gasteiger partial charge in [0.25, 0.3) is 0 Å². The van der Waals surface area contributed by atoms with E-state index < -0.39 is 5.97 Å². The Balaban J connectivity index is 2.26. The lowest BCUT2D eigenvalue weighted by Gasteiger charge is -2.04. The summed E-state index contributed by atoms with van der Waals surface area (Å²) in [4.78, 5) is 14.5. The molecular formula is C17H15NO2. The number of carbonyl (C=O) groups is 1. The highest BCUT2D eigenvalue weighted by Gasteiger charge is 2.15. The molecule has 0 spiro atoms. The fourth-order valence-electron chi connectivity index (χ4n) is 2.58. The van der Waals surface area contributed by atoms with Crippen molar-refractivity contribution in [3.63, 3.8) is 0 Å². The molecule has 0 saturated heterocycles. The van der Waals surface area contributed by atoms with Gasteiger partial charge in [0, 0.05) is 10.9 Å². The van der Waals surface area contributed by atoms with Crippen LogP contribution in [0.3, 0.4) is 0 Å². The highest BCUT2D eigenvalue weighted by atomic mass is 16.4. The van der Waals surface area contributed by atoms with E-state index in [1.165, 1.54) is 0 Å². The molecule has 20 heavy (non-hydrogen) atoms. The van der Waals surface area contributed by atoms with Crippen LogP contribution in [0.4, 0.5) is 0 Å². The lowest BCUT2D eigenvalue weighted by molar-refractivity contribution is -0.136. The summed E-state index contributed by atoms with van der Waals surface area (Å²) in [5.74, 6) is -0.816. The highest BCUT2D eigenvalue weighted by molar-refractivity contribution is 5.93. The Bertz CT molecular complexity index is 787. The Morgan fingerprint density at radius 3 is 2.70 bits per heavy atom. The number of H-pyrrole nitrogens is 1. The van der Waals surface area contributed by atoms with Crippen LogP contribution in [-0.2, 0) is 11.2 Å². The lowest BCUT2D eigenvalue weighted by Crippen LogP contribution is -2.00. The van der Waals surface area contributed by atoms with E-state index >= 15 is 0 Å². The van der Waals surface area contributed by atoms with Crippen LogP contribution in [0, 0.1) is 6.92 Å². The standard InChI is InChI=1S/C17H15NO2/c1-11-5-4-6-12(9-11)17-14(10-16(19)20)13-7-2-3-8-15(13)18-17/h2-9,18H,10H2,1H3,(H,19,20). The molecule has 1 heterocycles. The topological polar surface area (TPSA) is 53.1 Å². The molecule has 0 unspecified atom stereocenters. The zero-order valence-electron chi connectivity index (χ0n) is 11.2. The van der Waals surface area contributed by atoms with Gasteiger partial charge in [-0.2, -0.15) is 0 Å². The molecule has 100 valence electrons. The molecule has 0 fully saturated rings. The van der Waals surface area contributed by atoms with E-state index in [0.29, 0.717) is 0 Å². The van der Waals surface area contributed by atoms with Crippen LogP contribution in [0.1, 0.15) is 11.1 Å². The van der Waals surface area contributed by atoms with Crippen molar-refractivity contribution in [1.82, 2.24) is 4.98 Å². The van der Waals surface area contributed by atoms with E-state index in [-0.39, 0.29) is 6.42 Å². The molecule has 0 saturated carbocycles. The second kappa shape index (κ2) is 4.85. The SMILES string of the molecule is Cc1cccc(-c2[nH]c3ccccc3c2CC(=O)O)c1. The van der Waals surface area contributed by atoms with Gasteiger partial charge in [0.2, 0.25) is 0 Å². The first-order valence-corrected chi connectivity index (χ1v) is 6.53. The summed E-state index contributed by atoms with van der Waals surface area (Å²) in [5.41, 5.74) is 4.90. The molecule has 1 aromatic heterocycles. The predicted molar refractivity (Wildman–Crippen MR) is 79.8 cm³/mol. The molecule has 3 rings (SSSR count). The maximum absolute atomic E-state index is 11.1. The number of carboxylic acids is 1. The molecule has 0 aliphatic heterocycles. The van der Waals surface area contributed by atoms with Gasteiger partial charge in [-0.1, -0.05) is 42.0 Å². The summed E-state index contributed by atoms with van der Waals surface area (Å²) in [6.07, 6.45) is 0.0211. The summed E-state index contributed by atoms with van der Waals surface area (Å²) in [7, 11) is 0. The monoisotopic (exact) mass is 265 g/mol. The summed E-state index contributed by atoms with van der Waals surface area (Å²) in [5, 5.41) is 10.1. The molecule has 0 aliphatic rings. The molecule has 0 atom stereocenters. The fourth-order valence-corrected chi connectivity index (χ4v) is 2.58. The zero-order chi connectivity index (χ0) is 14.1. The quantitative estimate of drug-likeness (QED) is 0.757. The largest absolute Gasteiger partial charge is 0.481 e. The molecule has 0 bridgehead atoms. The molecule has 0 aliphatic carbocycles. The summed E-state index contributed by atoms with van der Waals surface area (Å²) >= 11 is 0. The van der Waals surface area contributed by atoms with E-state index in [4.69, 9.17) is 5.11 Å². The second-order valence-corrected chi connectivity index (χ2v) is 4.96. The van der Waals surface area contributed by atoms with Crippen molar-refractivity contribution in [3.05, 3.63) is 59.7 Å². The van der Waals surface area contributed by atoms with Gasteiger partial charge in [0.05, 0.1) is 12.1 Å². The highest BCUT2D eigenvalue weighted by Crippen LogP contribution is 2.31. The molecule has 3 heteroatoms. The zero-order valence-corrected chi connectivity index (χ0v) is 11.2. The van der Waals surface area contributed by atoms with Gasteiger partial charge in [-0.3, -0.25) is 4.79 Å². The first-order valence-electron chi connectivity index (χ1n) is 6.53. The number of aryl methyl sites for hydroxylation is 1. The van der Waals surface area contributed by atoms with Crippen molar-refractivity contribution in [2.75, 3.05) is 0 Å². The van der Waals surface area contributed by atoms with Gasteiger partial charge in [-0.25, -0.2) is 0 Å². The minimum atomic E-state index is -0.816. The minimum Gasteiger partial charge on any atom is -0.481 e. The Kier molecular flexibility index (Phi) is 3.03. The van der Waals surface area contributed by atoms with Gasteiger partial charge in [-0.05, 0) is 30.2 Å². The van der Waals surface area contributed by atoms with Crippen LogP contribution in [0.25, 0.3) is 22.2 Å². The van der Waals surface area contributed by atoms with E-state index in [1.807, 2.05) is 49.4 Å². The number of aromatic amines is 1. The lowest BCUT2D eigenvalue weighted by atomic mass is 10.0. The van der Waals surface area contributed by atoms with E-state index in [9.17, 15) is 4.79 Å². The van der Waals surface area contributed by atoms with E-state index in [0.717, 1.165) is 33.3 Å². The second-order valence-electron chi connectivity index (χ2n) is 4.96. The number of aromatic nitrogens is 1. The third kappa shape index (κ3) is 2.18. The Hall–Kier alpha value is -2.55. The van der Waals surface area contributed by atoms with Gasteiger partial charge < -0.3 is 10.1 Å². The first kappa shape index (κ1) is 12.5. The van der Waals surface area contributed by atoms with Crippen molar-refractivity contribution in [1.29, 1.82) is 0 Å². The number of hydrogen-bond donors (Lipinski definition) is 2. The molecule has 3 nitrogen and oxygen atoms in total. The maximum atomic E-state index is 11.1. The van der Waals surface area contributed by atoms with Crippen molar-refractivity contribution < 1.29 is 9.90 Å². The number of carboxylic acid groups (broad SMARTS) is 1. The van der Waals surface area contributed by atoms with Crippen molar-refractivity contribution >= 4 is 16.9 Å². The van der Waals surface area contributed by atoms with E-state index in [1.54, 1.807) is 0 Å². The fraction of sp³-hybridized carbons (Fsp3) is 0.118. The summed E-state index contributed by atoms with van der Waals surface area (Å²) < 4.78 is 0. The summed E-state index contributed by atoms with van der Waals surface area (Å²) in [6.45, 7) is 2.03. The van der Waals surface area contributed by atoms with Crippen molar-refractivity contribution in [2.45, 2.75) is 13.3 Å². The Morgan fingerprint density at radius 1 is 1.15 bits per heavy atom. The maximum Gasteiger partial charge on any atom is 0.307 e. The van der Waals surface area contributed by atoms with Crippen LogP contribution in [-0.4, -0.2) is 16.1 Å². The number of hydrogen-bond acceptors (Lipinski definition) is 1. The minimum absolute atomic E-state index is 0.0211. The van der Waals surface area contributed by atoms with E-state index in [2.05, 4.69) is 11.1 Å². The van der Waals surface area contributed by atoms with Gasteiger partial charge >= 0.3 is 5.97 Å². The van der Waals surface area contributed by atoms with Crippen LogP contribution in [0.2, 0.25) is 0 Å². The Labute approximate surface area is 116 Å². The molecule has 0 radical (unpaired) electrons. The van der Waals surface area contributed by atoms with Crippen LogP contribution in [0.15, 0.2) is 48.5 Å². The van der Waals surface area contributed by atoms with Crippen LogP contribution in [0.5, 0.6) is 0 Å². The average molecular weight is 265 g/mol. The number of aliphatic carboxylic acids is 1. The van der Waals surface area contributed by atoms with Gasteiger partial charge in [0.15, 0.2) is 0 Å². The van der Waals surface area contributed by atoms with Gasteiger partial charge in [0.1, 0.15) is 0 Å². The van der Waals surface area contributed by atoms with Crippen molar-refractivity contribution in [2.24, 2.45) is 0 Å². The summed E-state index contributed by atoms with van der Waals surface area (Å²) in [6, 6.07) is 15.9. The molecule has 3 aromatic rings. The number of benzene rings is 2. The molecule has 0 amide bonds. The third-order valence-electron chi connectivity index (χ3n) is 3.45. The number of nitrogens with one attached hydrogen (secondary N) is 1. The molecule has 2 N–H and O–H groups in total. The number of para-hydroxylation sites is 1. The molecular weight excluding hydrogens is 250 g/mol. The van der Waals surface area contributed by atoms with Crippen molar-refractivity contribution in [3.8, 4) is 11.3 Å². The van der Waals surface area contributed by atoms with Crippen LogP contribution < -0.4 is 0 Å². The molecule has 2 aromatic carbocycles. The smallest absolute Gasteiger partial charge is 0.307 e. The number of rotatable bonds is 3. The average Bonchev–Trinajstić information content (AvgIpc) is 2.77. The van der Waals surface area contributed by atoms with Gasteiger partial charge in [-0.15, -0.1) is 0 Å². The van der Waals surface area contributed by atoms with Crippen LogP contribution >= 0.6 is 0 Å². The predicted octanol–water partition coefficient (Wildman–Crippen LogP) is 3.77. The third-order valence-corrected chi connectivity index (χ3v) is 3.45.